The van der Waals surface area contributed by atoms with Crippen LogP contribution >= 0.6 is 11.6 Å². The van der Waals surface area contributed by atoms with E-state index < -0.39 is 12.0 Å². The summed E-state index contributed by atoms with van der Waals surface area (Å²) < 4.78 is 0. The number of aryl methyl sites for hydroxylation is 1. The molecule has 0 aromatic heterocycles. The summed E-state index contributed by atoms with van der Waals surface area (Å²) in [5, 5.41) is 13.4. The maximum Gasteiger partial charge on any atom is 0.303 e. The quantitative estimate of drug-likeness (QED) is 0.410. The average molecular weight is 515 g/mol. The molecule has 2 unspecified atom stereocenters. The second kappa shape index (κ2) is 10.2. The number of para-hydroxylation sites is 2. The summed E-state index contributed by atoms with van der Waals surface area (Å²) in [6, 6.07) is 22.1. The van der Waals surface area contributed by atoms with Crippen LogP contribution in [-0.4, -0.2) is 22.8 Å². The number of hydrogen-bond acceptors (Lipinski definition) is 4. The molecule has 0 saturated heterocycles. The van der Waals surface area contributed by atoms with Crippen molar-refractivity contribution in [1.82, 2.24) is 0 Å². The van der Waals surface area contributed by atoms with Gasteiger partial charge in [0.25, 0.3) is 0 Å². The average Bonchev–Trinajstić information content (AvgIpc) is 3.02. The van der Waals surface area contributed by atoms with Crippen molar-refractivity contribution in [2.24, 2.45) is 0 Å². The van der Waals surface area contributed by atoms with E-state index in [1.165, 1.54) is 0 Å². The molecule has 2 aliphatic rings. The minimum atomic E-state index is -1.04. The molecule has 37 heavy (non-hydrogen) atoms. The molecule has 0 radical (unpaired) electrons. The molecule has 1 aliphatic carbocycles. The van der Waals surface area contributed by atoms with Crippen LogP contribution in [0.3, 0.4) is 0 Å². The van der Waals surface area contributed by atoms with Crippen LogP contribution in [0.15, 0.2) is 84.1 Å². The predicted octanol–water partition coefficient (Wildman–Crippen LogP) is 6.41. The number of allylic oxidation sites excluding steroid dienone is 1. The molecule has 1 aliphatic heterocycles. The summed E-state index contributed by atoms with van der Waals surface area (Å²) in [5.74, 6) is -1.56. The zero-order valence-electron chi connectivity index (χ0n) is 20.4. The first-order valence-corrected chi connectivity index (χ1v) is 12.7. The topological polar surface area (TPSA) is 86.7 Å². The summed E-state index contributed by atoms with van der Waals surface area (Å²) >= 11 is 6.51. The van der Waals surface area contributed by atoms with E-state index in [1.54, 1.807) is 4.90 Å². The van der Waals surface area contributed by atoms with Crippen molar-refractivity contribution >= 4 is 40.6 Å². The second-order valence-electron chi connectivity index (χ2n) is 9.55. The maximum atomic E-state index is 13.9. The van der Waals surface area contributed by atoms with Crippen LogP contribution in [0.4, 0.5) is 11.4 Å². The third-order valence-electron chi connectivity index (χ3n) is 7.05. The Morgan fingerprint density at radius 1 is 0.973 bits per heavy atom. The Bertz CT molecular complexity index is 1410. The predicted molar refractivity (Wildman–Crippen MR) is 144 cm³/mol. The number of carboxylic acids is 1. The van der Waals surface area contributed by atoms with Crippen LogP contribution < -0.4 is 10.2 Å². The van der Waals surface area contributed by atoms with E-state index in [0.717, 1.165) is 22.4 Å². The van der Waals surface area contributed by atoms with Gasteiger partial charge in [0.2, 0.25) is 5.91 Å². The van der Waals surface area contributed by atoms with Gasteiger partial charge in [0, 0.05) is 29.1 Å². The second-order valence-corrected chi connectivity index (χ2v) is 9.96. The molecule has 7 heteroatoms. The normalized spacial score (nSPS) is 19.0. The smallest absolute Gasteiger partial charge is 0.303 e. The Hall–Kier alpha value is -3.90. The number of carboxylic acid groups (broad SMARTS) is 1. The zero-order chi connectivity index (χ0) is 26.1. The van der Waals surface area contributed by atoms with Crippen molar-refractivity contribution in [1.29, 1.82) is 0 Å². The molecular formula is C30H27ClN2O4. The van der Waals surface area contributed by atoms with Crippen LogP contribution in [0.5, 0.6) is 0 Å². The Morgan fingerprint density at radius 3 is 2.41 bits per heavy atom. The SMILES string of the molecule is Cc1ccc(C2C3=C(CC(c4ccccc4Cl)CC3=O)Nc3ccccc3N2C(=O)CCC(=O)O)cc1. The number of rotatable bonds is 5. The van der Waals surface area contributed by atoms with Gasteiger partial charge in [-0.2, -0.15) is 0 Å². The van der Waals surface area contributed by atoms with Gasteiger partial charge in [0.1, 0.15) is 0 Å². The molecule has 2 atom stereocenters. The minimum absolute atomic E-state index is 0.0620. The number of halogens is 1. The number of hydrogen-bond donors (Lipinski definition) is 2. The van der Waals surface area contributed by atoms with E-state index in [9.17, 15) is 19.5 Å². The first-order valence-electron chi connectivity index (χ1n) is 12.3. The van der Waals surface area contributed by atoms with E-state index in [-0.39, 0.29) is 36.9 Å². The van der Waals surface area contributed by atoms with Crippen LogP contribution in [0, 0.1) is 6.92 Å². The maximum absolute atomic E-state index is 13.9. The monoisotopic (exact) mass is 514 g/mol. The van der Waals surface area contributed by atoms with Gasteiger partial charge in [-0.05, 0) is 48.6 Å². The largest absolute Gasteiger partial charge is 0.481 e. The number of nitrogens with one attached hydrogen (secondary N) is 1. The Kier molecular flexibility index (Phi) is 6.85. The molecule has 0 spiro atoms. The van der Waals surface area contributed by atoms with E-state index in [4.69, 9.17) is 11.6 Å². The van der Waals surface area contributed by atoms with E-state index in [0.29, 0.717) is 28.4 Å². The summed E-state index contributed by atoms with van der Waals surface area (Å²) in [6.07, 6.45) is 0.351. The highest BCUT2D eigenvalue weighted by molar-refractivity contribution is 6.31. The van der Waals surface area contributed by atoms with Crippen LogP contribution in [0.2, 0.25) is 5.02 Å². The van der Waals surface area contributed by atoms with Gasteiger partial charge in [-0.1, -0.05) is 71.8 Å². The third kappa shape index (κ3) is 4.89. The number of aliphatic carboxylic acids is 1. The molecule has 0 bridgehead atoms. The number of amides is 1. The highest BCUT2D eigenvalue weighted by atomic mass is 35.5. The number of ketones is 1. The van der Waals surface area contributed by atoms with Crippen molar-refractivity contribution in [2.45, 2.75) is 44.6 Å². The lowest BCUT2D eigenvalue weighted by Gasteiger charge is -2.35. The number of carbonyl (C=O) groups is 3. The Balaban J connectivity index is 1.69. The van der Waals surface area contributed by atoms with Crippen LogP contribution in [0.25, 0.3) is 0 Å². The van der Waals surface area contributed by atoms with Gasteiger partial charge in [-0.15, -0.1) is 0 Å². The van der Waals surface area contributed by atoms with Crippen molar-refractivity contribution < 1.29 is 19.5 Å². The van der Waals surface area contributed by atoms with Gasteiger partial charge >= 0.3 is 5.97 Å². The molecule has 188 valence electrons. The van der Waals surface area contributed by atoms with Crippen LogP contribution in [-0.2, 0) is 14.4 Å². The fourth-order valence-electron chi connectivity index (χ4n) is 5.29. The standard InChI is InChI=1S/C30H27ClN2O4/c1-18-10-12-19(13-11-18)30-29-24(16-20(17-26(29)34)21-6-2-3-7-22(21)31)32-23-8-4-5-9-25(23)33(30)27(35)14-15-28(36)37/h2-13,20,30,32H,14-17H2,1H3,(H,36,37). The summed E-state index contributed by atoms with van der Waals surface area (Å²) in [4.78, 5) is 40.5. The Morgan fingerprint density at radius 2 is 1.68 bits per heavy atom. The van der Waals surface area contributed by atoms with E-state index in [2.05, 4.69) is 5.32 Å². The molecule has 3 aromatic carbocycles. The fraction of sp³-hybridized carbons (Fsp3) is 0.233. The lowest BCUT2D eigenvalue weighted by atomic mass is 9.78. The van der Waals surface area contributed by atoms with Crippen molar-refractivity contribution in [3.63, 3.8) is 0 Å². The van der Waals surface area contributed by atoms with E-state index >= 15 is 0 Å². The zero-order valence-corrected chi connectivity index (χ0v) is 21.2. The fourth-order valence-corrected chi connectivity index (χ4v) is 5.58. The van der Waals surface area contributed by atoms with Crippen molar-refractivity contribution in [2.75, 3.05) is 10.2 Å². The lowest BCUT2D eigenvalue weighted by Crippen LogP contribution is -2.38. The number of benzene rings is 3. The summed E-state index contributed by atoms with van der Waals surface area (Å²) in [7, 11) is 0. The van der Waals surface area contributed by atoms with Gasteiger partial charge < -0.3 is 10.4 Å². The molecule has 6 nitrogen and oxygen atoms in total. The van der Waals surface area contributed by atoms with Crippen molar-refractivity contribution in [3.8, 4) is 0 Å². The molecule has 1 heterocycles. The Labute approximate surface area is 220 Å². The van der Waals surface area contributed by atoms with Gasteiger partial charge in [0.05, 0.1) is 23.8 Å². The summed E-state index contributed by atoms with van der Waals surface area (Å²) in [5.41, 5.74) is 5.37. The number of fused-ring (bicyclic) bond motifs is 1. The van der Waals surface area contributed by atoms with Gasteiger partial charge in [-0.25, -0.2) is 0 Å². The molecule has 0 saturated carbocycles. The first-order chi connectivity index (χ1) is 17.8. The number of carbonyl (C=O) groups excluding carboxylic acids is 2. The molecule has 3 aromatic rings. The molecule has 1 amide bonds. The summed E-state index contributed by atoms with van der Waals surface area (Å²) in [6.45, 7) is 1.98. The lowest BCUT2D eigenvalue weighted by molar-refractivity contribution is -0.138. The molecule has 2 N–H and O–H groups in total. The third-order valence-corrected chi connectivity index (χ3v) is 7.39. The molecule has 5 rings (SSSR count). The van der Waals surface area contributed by atoms with Crippen LogP contribution in [0.1, 0.15) is 54.3 Å². The van der Waals surface area contributed by atoms with Crippen molar-refractivity contribution in [3.05, 3.63) is 106 Å². The van der Waals surface area contributed by atoms with Gasteiger partial charge in [0.15, 0.2) is 5.78 Å². The highest BCUT2D eigenvalue weighted by Gasteiger charge is 2.41. The molecule has 0 fully saturated rings. The van der Waals surface area contributed by atoms with Gasteiger partial charge in [-0.3, -0.25) is 19.3 Å². The number of nitrogens with zero attached hydrogens (tertiary/aromatic N) is 1. The molecular weight excluding hydrogens is 488 g/mol. The van der Waals surface area contributed by atoms with E-state index in [1.807, 2.05) is 79.7 Å². The first kappa shape index (κ1) is 24.8. The minimum Gasteiger partial charge on any atom is -0.481 e. The highest BCUT2D eigenvalue weighted by Crippen LogP contribution is 2.48. The number of anilines is 2. The number of Topliss-reactive ketones (excluding diaryl/α,β-unsaturated/α-hetero) is 1.